The fourth-order valence-electron chi connectivity index (χ4n) is 4.55. The van der Waals surface area contributed by atoms with Gasteiger partial charge in [-0.2, -0.15) is 0 Å². The normalized spacial score (nSPS) is 20.1. The standard InChI is InChI=1S/C21H41N3/c1-3-5-17-23(18-6-4-2)21(22)24(19-13-9-7-10-14-19)20-15-11-8-12-16-20/h19-20,22H,3-18H2,1-2H3. The number of hydrogen-bond donors (Lipinski definition) is 1. The molecule has 0 aromatic carbocycles. The van der Waals surface area contributed by atoms with Crippen molar-refractivity contribution in [3.8, 4) is 0 Å². The van der Waals surface area contributed by atoms with E-state index in [4.69, 9.17) is 5.41 Å². The van der Waals surface area contributed by atoms with E-state index in [1.807, 2.05) is 0 Å². The highest BCUT2D eigenvalue weighted by molar-refractivity contribution is 5.77. The van der Waals surface area contributed by atoms with Crippen LogP contribution in [-0.4, -0.2) is 40.9 Å². The summed E-state index contributed by atoms with van der Waals surface area (Å²) >= 11 is 0. The van der Waals surface area contributed by atoms with Gasteiger partial charge in [-0.05, 0) is 38.5 Å². The summed E-state index contributed by atoms with van der Waals surface area (Å²) in [4.78, 5) is 5.01. The van der Waals surface area contributed by atoms with E-state index >= 15 is 0 Å². The van der Waals surface area contributed by atoms with Gasteiger partial charge in [0.15, 0.2) is 5.96 Å². The molecule has 3 heteroatoms. The molecular formula is C21H41N3. The van der Waals surface area contributed by atoms with E-state index in [1.54, 1.807) is 0 Å². The first-order valence-corrected chi connectivity index (χ1v) is 10.9. The van der Waals surface area contributed by atoms with Crippen LogP contribution in [0.4, 0.5) is 0 Å². The molecule has 0 spiro atoms. The van der Waals surface area contributed by atoms with Gasteiger partial charge in [0.1, 0.15) is 0 Å². The molecular weight excluding hydrogens is 294 g/mol. The minimum absolute atomic E-state index is 0.639. The van der Waals surface area contributed by atoms with Crippen LogP contribution in [0, 0.1) is 5.41 Å². The van der Waals surface area contributed by atoms with Gasteiger partial charge >= 0.3 is 0 Å². The van der Waals surface area contributed by atoms with Crippen LogP contribution in [0.25, 0.3) is 0 Å². The summed E-state index contributed by atoms with van der Waals surface area (Å²) < 4.78 is 0. The zero-order valence-corrected chi connectivity index (χ0v) is 16.4. The van der Waals surface area contributed by atoms with Crippen molar-refractivity contribution in [3.05, 3.63) is 0 Å². The summed E-state index contributed by atoms with van der Waals surface area (Å²) in [5, 5.41) is 9.08. The van der Waals surface area contributed by atoms with Crippen LogP contribution in [0.2, 0.25) is 0 Å². The van der Waals surface area contributed by atoms with E-state index in [0.29, 0.717) is 12.1 Å². The van der Waals surface area contributed by atoms with Crippen molar-refractivity contribution in [2.75, 3.05) is 13.1 Å². The Kier molecular flexibility index (Phi) is 8.98. The molecule has 0 aromatic rings. The minimum Gasteiger partial charge on any atom is -0.343 e. The Morgan fingerprint density at radius 1 is 0.750 bits per heavy atom. The lowest BCUT2D eigenvalue weighted by molar-refractivity contribution is 0.134. The van der Waals surface area contributed by atoms with Crippen LogP contribution in [0.5, 0.6) is 0 Å². The third kappa shape index (κ3) is 5.67. The summed E-state index contributed by atoms with van der Waals surface area (Å²) in [7, 11) is 0. The highest BCUT2D eigenvalue weighted by Gasteiger charge is 2.32. The lowest BCUT2D eigenvalue weighted by atomic mass is 9.89. The van der Waals surface area contributed by atoms with Gasteiger partial charge in [-0.25, -0.2) is 0 Å². The van der Waals surface area contributed by atoms with Crippen LogP contribution in [-0.2, 0) is 0 Å². The topological polar surface area (TPSA) is 30.3 Å². The van der Waals surface area contributed by atoms with E-state index in [9.17, 15) is 0 Å². The predicted octanol–water partition coefficient (Wildman–Crippen LogP) is 5.79. The summed E-state index contributed by atoms with van der Waals surface area (Å²) in [6, 6.07) is 1.28. The zero-order chi connectivity index (χ0) is 17.2. The maximum Gasteiger partial charge on any atom is 0.194 e. The Balaban J connectivity index is 2.09. The molecule has 1 N–H and O–H groups in total. The van der Waals surface area contributed by atoms with Gasteiger partial charge in [-0.15, -0.1) is 0 Å². The van der Waals surface area contributed by atoms with E-state index in [0.717, 1.165) is 19.0 Å². The maximum atomic E-state index is 9.08. The van der Waals surface area contributed by atoms with Crippen molar-refractivity contribution in [1.82, 2.24) is 9.80 Å². The number of nitrogens with zero attached hydrogens (tertiary/aromatic N) is 2. The number of unbranched alkanes of at least 4 members (excludes halogenated alkanes) is 2. The summed E-state index contributed by atoms with van der Waals surface area (Å²) in [6.45, 7) is 6.68. The molecule has 0 aliphatic heterocycles. The van der Waals surface area contributed by atoms with Crippen LogP contribution >= 0.6 is 0 Å². The molecule has 0 radical (unpaired) electrons. The minimum atomic E-state index is 0.639. The molecule has 0 unspecified atom stereocenters. The van der Waals surface area contributed by atoms with Gasteiger partial charge in [0.25, 0.3) is 0 Å². The number of guanidine groups is 1. The summed E-state index contributed by atoms with van der Waals surface area (Å²) in [5.41, 5.74) is 0. The largest absolute Gasteiger partial charge is 0.343 e. The van der Waals surface area contributed by atoms with Crippen molar-refractivity contribution in [2.45, 2.75) is 116 Å². The van der Waals surface area contributed by atoms with Crippen molar-refractivity contribution in [1.29, 1.82) is 5.41 Å². The summed E-state index contributed by atoms with van der Waals surface area (Å²) in [5.74, 6) is 0.871. The number of hydrogen-bond acceptors (Lipinski definition) is 1. The van der Waals surface area contributed by atoms with Gasteiger partial charge in [-0.1, -0.05) is 65.2 Å². The molecule has 0 bridgehead atoms. The molecule has 2 fully saturated rings. The third-order valence-corrected chi connectivity index (χ3v) is 6.04. The third-order valence-electron chi connectivity index (χ3n) is 6.04. The molecule has 0 heterocycles. The monoisotopic (exact) mass is 335 g/mol. The molecule has 24 heavy (non-hydrogen) atoms. The first-order valence-electron chi connectivity index (χ1n) is 10.9. The van der Waals surface area contributed by atoms with Crippen molar-refractivity contribution < 1.29 is 0 Å². The Hall–Kier alpha value is -0.730. The second kappa shape index (κ2) is 11.0. The Morgan fingerprint density at radius 2 is 1.17 bits per heavy atom. The van der Waals surface area contributed by atoms with E-state index in [2.05, 4.69) is 23.6 Å². The molecule has 0 amide bonds. The predicted molar refractivity (Wildman–Crippen MR) is 105 cm³/mol. The fraction of sp³-hybridized carbons (Fsp3) is 0.952. The van der Waals surface area contributed by atoms with E-state index in [-0.39, 0.29) is 0 Å². The molecule has 2 aliphatic carbocycles. The smallest absolute Gasteiger partial charge is 0.194 e. The first-order chi connectivity index (χ1) is 11.8. The van der Waals surface area contributed by atoms with E-state index < -0.39 is 0 Å². The van der Waals surface area contributed by atoms with Gasteiger partial charge in [0.2, 0.25) is 0 Å². The quantitative estimate of drug-likeness (QED) is 0.449. The van der Waals surface area contributed by atoms with Gasteiger partial charge in [0, 0.05) is 25.2 Å². The molecule has 0 atom stereocenters. The van der Waals surface area contributed by atoms with Crippen LogP contribution in [0.3, 0.4) is 0 Å². The zero-order valence-electron chi connectivity index (χ0n) is 16.4. The highest BCUT2D eigenvalue weighted by Crippen LogP contribution is 2.31. The average Bonchev–Trinajstić information content (AvgIpc) is 2.64. The van der Waals surface area contributed by atoms with Crippen LogP contribution in [0.1, 0.15) is 104 Å². The molecule has 2 saturated carbocycles. The Morgan fingerprint density at radius 3 is 1.54 bits per heavy atom. The van der Waals surface area contributed by atoms with Gasteiger partial charge in [-0.3, -0.25) is 5.41 Å². The lowest BCUT2D eigenvalue weighted by Crippen LogP contribution is -2.54. The maximum absolute atomic E-state index is 9.08. The molecule has 0 aromatic heterocycles. The van der Waals surface area contributed by atoms with Crippen LogP contribution < -0.4 is 0 Å². The molecule has 0 saturated heterocycles. The molecule has 140 valence electrons. The Bertz CT molecular complexity index is 317. The second-order valence-corrected chi connectivity index (χ2v) is 8.01. The second-order valence-electron chi connectivity index (χ2n) is 8.01. The Labute approximate surface area is 150 Å². The van der Waals surface area contributed by atoms with Crippen molar-refractivity contribution in [3.63, 3.8) is 0 Å². The average molecular weight is 336 g/mol. The first kappa shape index (κ1) is 19.6. The number of rotatable bonds is 8. The van der Waals surface area contributed by atoms with Crippen molar-refractivity contribution in [2.24, 2.45) is 0 Å². The van der Waals surface area contributed by atoms with Crippen LogP contribution in [0.15, 0.2) is 0 Å². The fourth-order valence-corrected chi connectivity index (χ4v) is 4.55. The van der Waals surface area contributed by atoms with Gasteiger partial charge in [0.05, 0.1) is 0 Å². The molecule has 3 nitrogen and oxygen atoms in total. The van der Waals surface area contributed by atoms with Crippen molar-refractivity contribution >= 4 is 5.96 Å². The molecule has 2 rings (SSSR count). The highest BCUT2D eigenvalue weighted by atomic mass is 15.4. The molecule has 2 aliphatic rings. The SMILES string of the molecule is CCCCN(CCCC)C(=N)N(C1CCCCC1)C1CCCCC1. The number of nitrogens with one attached hydrogen (secondary N) is 1. The lowest BCUT2D eigenvalue weighted by Gasteiger charge is -2.46. The van der Waals surface area contributed by atoms with Gasteiger partial charge < -0.3 is 9.80 Å². The van der Waals surface area contributed by atoms with E-state index in [1.165, 1.54) is 89.9 Å². The summed E-state index contributed by atoms with van der Waals surface area (Å²) in [6.07, 6.45) is 18.4.